The topological polar surface area (TPSA) is 58.6 Å². The van der Waals surface area contributed by atoms with Gasteiger partial charge in [-0.15, -0.1) is 11.8 Å². The summed E-state index contributed by atoms with van der Waals surface area (Å²) in [6.45, 7) is 3.96. The molecule has 1 fully saturated rings. The van der Waals surface area contributed by atoms with Gasteiger partial charge in [-0.3, -0.25) is 14.5 Å². The van der Waals surface area contributed by atoms with Crippen LogP contribution < -0.4 is 5.32 Å². The van der Waals surface area contributed by atoms with Gasteiger partial charge < -0.3 is 10.1 Å². The lowest BCUT2D eigenvalue weighted by atomic mass is 9.98. The lowest BCUT2D eigenvalue weighted by Crippen LogP contribution is -2.43. The number of hydrogen-bond donors (Lipinski definition) is 1. The van der Waals surface area contributed by atoms with Crippen molar-refractivity contribution in [2.75, 3.05) is 37.8 Å². The van der Waals surface area contributed by atoms with E-state index in [-0.39, 0.29) is 17.8 Å². The van der Waals surface area contributed by atoms with Crippen molar-refractivity contribution < 1.29 is 14.3 Å². The van der Waals surface area contributed by atoms with Gasteiger partial charge in [-0.05, 0) is 44.7 Å². The van der Waals surface area contributed by atoms with Gasteiger partial charge in [0.25, 0.3) is 0 Å². The molecule has 1 aliphatic heterocycles. The van der Waals surface area contributed by atoms with Crippen LogP contribution in [0.4, 0.5) is 5.69 Å². The molecule has 2 rings (SSSR count). The molecule has 1 aliphatic rings. The molecule has 23 heavy (non-hydrogen) atoms. The first-order valence-corrected chi connectivity index (χ1v) is 9.18. The van der Waals surface area contributed by atoms with Crippen LogP contribution in [-0.2, 0) is 14.3 Å². The normalized spacial score (nSPS) is 18.4. The Kier molecular flexibility index (Phi) is 6.92. The molecule has 6 heteroatoms. The first-order valence-electron chi connectivity index (χ1n) is 7.96. The Morgan fingerprint density at radius 1 is 1.39 bits per heavy atom. The lowest BCUT2D eigenvalue weighted by Gasteiger charge is -2.30. The smallest absolute Gasteiger partial charge is 0.310 e. The summed E-state index contributed by atoms with van der Waals surface area (Å²) in [6, 6.07) is 7.75. The van der Waals surface area contributed by atoms with E-state index in [2.05, 4.69) is 5.32 Å². The number of amides is 1. The quantitative estimate of drug-likeness (QED) is 0.639. The molecule has 0 radical (unpaired) electrons. The number of benzene rings is 1. The molecule has 0 unspecified atom stereocenters. The highest BCUT2D eigenvalue weighted by molar-refractivity contribution is 7.98. The summed E-state index contributed by atoms with van der Waals surface area (Å²) in [5.74, 6) is -0.309. The Morgan fingerprint density at radius 3 is 2.91 bits per heavy atom. The number of likely N-dealkylation sites (tertiary alicyclic amines) is 1. The second kappa shape index (κ2) is 8.93. The number of carbonyl (C=O) groups is 2. The number of rotatable bonds is 6. The van der Waals surface area contributed by atoms with Crippen LogP contribution in [0, 0.1) is 5.92 Å². The summed E-state index contributed by atoms with van der Waals surface area (Å²) in [5.41, 5.74) is 0.837. The Bertz CT molecular complexity index is 550. The second-order valence-corrected chi connectivity index (χ2v) is 6.42. The maximum atomic E-state index is 12.3. The van der Waals surface area contributed by atoms with Crippen molar-refractivity contribution in [3.63, 3.8) is 0 Å². The minimum absolute atomic E-state index is 0.0454. The van der Waals surface area contributed by atoms with Crippen molar-refractivity contribution in [2.45, 2.75) is 24.7 Å². The highest BCUT2D eigenvalue weighted by Gasteiger charge is 2.27. The zero-order chi connectivity index (χ0) is 16.7. The maximum Gasteiger partial charge on any atom is 0.310 e. The molecule has 1 atom stereocenters. The number of ether oxygens (including phenoxy) is 1. The number of piperidine rings is 1. The van der Waals surface area contributed by atoms with E-state index in [1.165, 1.54) is 0 Å². The van der Waals surface area contributed by atoms with Crippen molar-refractivity contribution in [3.8, 4) is 0 Å². The van der Waals surface area contributed by atoms with Gasteiger partial charge in [0.1, 0.15) is 0 Å². The summed E-state index contributed by atoms with van der Waals surface area (Å²) in [4.78, 5) is 27.2. The van der Waals surface area contributed by atoms with Crippen LogP contribution >= 0.6 is 11.8 Å². The fraction of sp³-hybridized carbons (Fsp3) is 0.529. The third kappa shape index (κ3) is 5.25. The molecule has 1 amide bonds. The van der Waals surface area contributed by atoms with Crippen molar-refractivity contribution >= 4 is 29.3 Å². The molecule has 0 aliphatic carbocycles. The van der Waals surface area contributed by atoms with Gasteiger partial charge in [0, 0.05) is 11.4 Å². The average molecular weight is 336 g/mol. The molecule has 5 nitrogen and oxygen atoms in total. The Balaban J connectivity index is 1.88. The van der Waals surface area contributed by atoms with E-state index >= 15 is 0 Å². The molecule has 1 aromatic rings. The number of nitrogens with one attached hydrogen (secondary N) is 1. The predicted octanol–water partition coefficient (Wildman–Crippen LogP) is 2.62. The van der Waals surface area contributed by atoms with Crippen molar-refractivity contribution in [2.24, 2.45) is 5.92 Å². The van der Waals surface area contributed by atoms with Gasteiger partial charge in [-0.1, -0.05) is 12.1 Å². The molecule has 1 heterocycles. The van der Waals surface area contributed by atoms with Gasteiger partial charge >= 0.3 is 5.97 Å². The highest BCUT2D eigenvalue weighted by atomic mass is 32.2. The molecular weight excluding hydrogens is 312 g/mol. The van der Waals surface area contributed by atoms with Gasteiger partial charge in [0.15, 0.2) is 0 Å². The lowest BCUT2D eigenvalue weighted by molar-refractivity contribution is -0.150. The fourth-order valence-electron chi connectivity index (χ4n) is 2.79. The number of para-hydroxylation sites is 1. The average Bonchev–Trinajstić information content (AvgIpc) is 2.55. The zero-order valence-corrected chi connectivity index (χ0v) is 14.5. The summed E-state index contributed by atoms with van der Waals surface area (Å²) in [7, 11) is 0. The number of carbonyl (C=O) groups excluding carboxylic acids is 2. The summed E-state index contributed by atoms with van der Waals surface area (Å²) >= 11 is 1.60. The third-order valence-corrected chi connectivity index (χ3v) is 4.67. The highest BCUT2D eigenvalue weighted by Crippen LogP contribution is 2.24. The van der Waals surface area contributed by atoms with Gasteiger partial charge in [-0.2, -0.15) is 0 Å². The SMILES string of the molecule is CCOC(=O)[C@H]1CCCN(CC(=O)Nc2ccccc2SC)C1. The van der Waals surface area contributed by atoms with Crippen LogP contribution in [0.1, 0.15) is 19.8 Å². The molecule has 0 aromatic heterocycles. The summed E-state index contributed by atoms with van der Waals surface area (Å²) < 4.78 is 5.09. The van der Waals surface area contributed by atoms with E-state index in [1.807, 2.05) is 42.3 Å². The van der Waals surface area contributed by atoms with E-state index in [1.54, 1.807) is 11.8 Å². The Hall–Kier alpha value is -1.53. The Morgan fingerprint density at radius 2 is 2.17 bits per heavy atom. The minimum Gasteiger partial charge on any atom is -0.466 e. The summed E-state index contributed by atoms with van der Waals surface area (Å²) in [6.07, 6.45) is 3.74. The summed E-state index contributed by atoms with van der Waals surface area (Å²) in [5, 5.41) is 2.96. The largest absolute Gasteiger partial charge is 0.466 e. The van der Waals surface area contributed by atoms with E-state index in [0.29, 0.717) is 19.7 Å². The minimum atomic E-state index is -0.148. The monoisotopic (exact) mass is 336 g/mol. The van der Waals surface area contributed by atoms with Crippen LogP contribution in [0.2, 0.25) is 0 Å². The van der Waals surface area contributed by atoms with Crippen LogP contribution in [-0.4, -0.2) is 49.3 Å². The number of esters is 1. The van der Waals surface area contributed by atoms with Gasteiger partial charge in [0.05, 0.1) is 24.8 Å². The van der Waals surface area contributed by atoms with Gasteiger partial charge in [-0.25, -0.2) is 0 Å². The van der Waals surface area contributed by atoms with Crippen LogP contribution in [0.3, 0.4) is 0 Å². The second-order valence-electron chi connectivity index (χ2n) is 5.57. The molecule has 1 aromatic carbocycles. The van der Waals surface area contributed by atoms with Crippen LogP contribution in [0.15, 0.2) is 29.2 Å². The van der Waals surface area contributed by atoms with E-state index in [9.17, 15) is 9.59 Å². The first kappa shape index (κ1) is 17.8. The predicted molar refractivity (Wildman–Crippen MR) is 92.6 cm³/mol. The van der Waals surface area contributed by atoms with Gasteiger partial charge in [0.2, 0.25) is 5.91 Å². The molecule has 126 valence electrons. The van der Waals surface area contributed by atoms with Crippen molar-refractivity contribution in [1.29, 1.82) is 0 Å². The molecule has 1 saturated heterocycles. The van der Waals surface area contributed by atoms with Crippen molar-refractivity contribution in [1.82, 2.24) is 4.90 Å². The van der Waals surface area contributed by atoms with Crippen molar-refractivity contribution in [3.05, 3.63) is 24.3 Å². The standard InChI is InChI=1S/C17H24N2O3S/c1-3-22-17(21)13-7-6-10-19(11-13)12-16(20)18-14-8-4-5-9-15(14)23-2/h4-5,8-9,13H,3,6-7,10-12H2,1-2H3,(H,18,20)/t13-/m0/s1. The number of thioether (sulfide) groups is 1. The molecule has 1 N–H and O–H groups in total. The third-order valence-electron chi connectivity index (χ3n) is 3.87. The van der Waals surface area contributed by atoms with E-state index in [4.69, 9.17) is 4.74 Å². The van der Waals surface area contributed by atoms with E-state index < -0.39 is 0 Å². The zero-order valence-electron chi connectivity index (χ0n) is 13.7. The molecule has 0 saturated carbocycles. The first-order chi connectivity index (χ1) is 11.1. The maximum absolute atomic E-state index is 12.3. The molecular formula is C17H24N2O3S. The Labute approximate surface area is 141 Å². The van der Waals surface area contributed by atoms with Crippen LogP contribution in [0.25, 0.3) is 0 Å². The number of anilines is 1. The number of hydrogen-bond acceptors (Lipinski definition) is 5. The van der Waals surface area contributed by atoms with Crippen LogP contribution in [0.5, 0.6) is 0 Å². The fourth-order valence-corrected chi connectivity index (χ4v) is 3.35. The number of nitrogens with zero attached hydrogens (tertiary/aromatic N) is 1. The molecule has 0 spiro atoms. The molecule has 0 bridgehead atoms. The van der Waals surface area contributed by atoms with E-state index in [0.717, 1.165) is 30.0 Å².